The number of hydrogen-bond donors (Lipinski definition) is 2. The Hall–Kier alpha value is -1.61. The molecule has 0 radical (unpaired) electrons. The Labute approximate surface area is 120 Å². The number of hydrogen-bond acceptors (Lipinski definition) is 2. The molecule has 3 heteroatoms. The fourth-order valence-corrected chi connectivity index (χ4v) is 2.72. The summed E-state index contributed by atoms with van der Waals surface area (Å²) >= 11 is 0. The number of carbonyl (C=O) groups excluding carboxylic acids is 1. The van der Waals surface area contributed by atoms with Gasteiger partial charge in [-0.15, -0.1) is 0 Å². The molecule has 1 fully saturated rings. The maximum absolute atomic E-state index is 11.8. The van der Waals surface area contributed by atoms with Gasteiger partial charge in [-0.1, -0.05) is 23.8 Å². The molecule has 0 heterocycles. The van der Waals surface area contributed by atoms with Crippen LogP contribution in [0.4, 0.5) is 0 Å². The van der Waals surface area contributed by atoms with E-state index in [0.717, 1.165) is 24.8 Å². The summed E-state index contributed by atoms with van der Waals surface area (Å²) in [5.41, 5.74) is 3.47. The molecule has 1 saturated carbocycles. The fraction of sp³-hybridized carbons (Fsp3) is 0.471. The Morgan fingerprint density at radius 3 is 2.85 bits per heavy atom. The SMILES string of the molecule is Cc1ccc(/C=C/C(=O)NCC2CCC(O)C2)c(C)c1. The zero-order valence-corrected chi connectivity index (χ0v) is 12.2. The van der Waals surface area contributed by atoms with Crippen molar-refractivity contribution in [3.05, 3.63) is 41.0 Å². The van der Waals surface area contributed by atoms with Gasteiger partial charge in [-0.3, -0.25) is 4.79 Å². The Morgan fingerprint density at radius 1 is 1.40 bits per heavy atom. The van der Waals surface area contributed by atoms with Crippen molar-refractivity contribution < 1.29 is 9.90 Å². The minimum atomic E-state index is -0.178. The minimum absolute atomic E-state index is 0.0636. The van der Waals surface area contributed by atoms with Crippen molar-refractivity contribution in [2.24, 2.45) is 5.92 Å². The quantitative estimate of drug-likeness (QED) is 0.828. The third kappa shape index (κ3) is 4.20. The molecule has 108 valence electrons. The molecular weight excluding hydrogens is 250 g/mol. The van der Waals surface area contributed by atoms with Gasteiger partial charge in [-0.05, 0) is 56.2 Å². The lowest BCUT2D eigenvalue weighted by Crippen LogP contribution is -2.26. The van der Waals surface area contributed by atoms with Crippen LogP contribution in [-0.2, 0) is 4.79 Å². The number of nitrogens with one attached hydrogen (secondary N) is 1. The van der Waals surface area contributed by atoms with E-state index < -0.39 is 0 Å². The van der Waals surface area contributed by atoms with Crippen molar-refractivity contribution in [1.29, 1.82) is 0 Å². The molecule has 3 nitrogen and oxygen atoms in total. The number of aliphatic hydroxyl groups excluding tert-OH is 1. The van der Waals surface area contributed by atoms with Crippen molar-refractivity contribution in [2.75, 3.05) is 6.54 Å². The highest BCUT2D eigenvalue weighted by Crippen LogP contribution is 2.24. The molecule has 20 heavy (non-hydrogen) atoms. The molecule has 2 rings (SSSR count). The monoisotopic (exact) mass is 273 g/mol. The van der Waals surface area contributed by atoms with Gasteiger partial charge in [0.25, 0.3) is 0 Å². The topological polar surface area (TPSA) is 49.3 Å². The summed E-state index contributed by atoms with van der Waals surface area (Å²) in [6.45, 7) is 4.76. The van der Waals surface area contributed by atoms with E-state index >= 15 is 0 Å². The van der Waals surface area contributed by atoms with Gasteiger partial charge in [0.05, 0.1) is 6.10 Å². The largest absolute Gasteiger partial charge is 0.393 e. The molecular formula is C17H23NO2. The molecule has 1 amide bonds. The molecule has 0 saturated heterocycles. The summed E-state index contributed by atoms with van der Waals surface area (Å²) in [6, 6.07) is 6.18. The molecule has 0 spiro atoms. The van der Waals surface area contributed by atoms with Crippen molar-refractivity contribution in [2.45, 2.75) is 39.2 Å². The molecule has 1 aliphatic carbocycles. The summed E-state index contributed by atoms with van der Waals surface area (Å²) < 4.78 is 0. The second-order valence-electron chi connectivity index (χ2n) is 5.77. The van der Waals surface area contributed by atoms with E-state index in [1.54, 1.807) is 6.08 Å². The molecule has 0 aliphatic heterocycles. The number of benzene rings is 1. The predicted molar refractivity (Wildman–Crippen MR) is 81.3 cm³/mol. The smallest absolute Gasteiger partial charge is 0.244 e. The van der Waals surface area contributed by atoms with Crippen molar-refractivity contribution in [1.82, 2.24) is 5.32 Å². The highest BCUT2D eigenvalue weighted by atomic mass is 16.3. The highest BCUT2D eigenvalue weighted by molar-refractivity contribution is 5.91. The normalized spacial score (nSPS) is 22.4. The first-order chi connectivity index (χ1) is 9.54. The van der Waals surface area contributed by atoms with Crippen LogP contribution < -0.4 is 5.32 Å². The summed E-state index contributed by atoms with van der Waals surface area (Å²) in [6.07, 6.45) is 5.93. The van der Waals surface area contributed by atoms with Gasteiger partial charge in [0.15, 0.2) is 0 Å². The maximum Gasteiger partial charge on any atom is 0.244 e. The fourth-order valence-electron chi connectivity index (χ4n) is 2.72. The number of carbonyl (C=O) groups is 1. The summed E-state index contributed by atoms with van der Waals surface area (Å²) in [7, 11) is 0. The number of rotatable bonds is 4. The molecule has 1 aliphatic rings. The number of aryl methyl sites for hydroxylation is 2. The van der Waals surface area contributed by atoms with Gasteiger partial charge in [-0.25, -0.2) is 0 Å². The number of amides is 1. The first kappa shape index (κ1) is 14.8. The van der Waals surface area contributed by atoms with E-state index in [9.17, 15) is 9.90 Å². The van der Waals surface area contributed by atoms with E-state index in [-0.39, 0.29) is 12.0 Å². The van der Waals surface area contributed by atoms with Crippen molar-refractivity contribution in [3.8, 4) is 0 Å². The van der Waals surface area contributed by atoms with Gasteiger partial charge in [-0.2, -0.15) is 0 Å². The predicted octanol–water partition coefficient (Wildman–Crippen LogP) is 2.59. The van der Waals surface area contributed by atoms with Crippen LogP contribution in [0.1, 0.15) is 36.0 Å². The van der Waals surface area contributed by atoms with Crippen LogP contribution in [0.3, 0.4) is 0 Å². The Kier molecular flexibility index (Phi) is 4.96. The second kappa shape index (κ2) is 6.71. The van der Waals surface area contributed by atoms with Crippen LogP contribution >= 0.6 is 0 Å². The third-order valence-electron chi connectivity index (χ3n) is 3.92. The maximum atomic E-state index is 11.8. The molecule has 2 N–H and O–H groups in total. The summed E-state index contributed by atoms with van der Waals surface area (Å²) in [4.78, 5) is 11.8. The lowest BCUT2D eigenvalue weighted by Gasteiger charge is -2.09. The molecule has 2 unspecified atom stereocenters. The van der Waals surface area contributed by atoms with Crippen LogP contribution in [-0.4, -0.2) is 23.7 Å². The van der Waals surface area contributed by atoms with E-state index in [1.165, 1.54) is 11.1 Å². The summed E-state index contributed by atoms with van der Waals surface area (Å²) in [5.74, 6) is 0.356. The lowest BCUT2D eigenvalue weighted by molar-refractivity contribution is -0.116. The standard InChI is InChI=1S/C17H23NO2/c1-12-3-5-15(13(2)9-12)6-8-17(20)18-11-14-4-7-16(19)10-14/h3,5-6,8-9,14,16,19H,4,7,10-11H2,1-2H3,(H,18,20)/b8-6+. The van der Waals surface area contributed by atoms with Gasteiger partial charge in [0, 0.05) is 12.6 Å². The Bertz CT molecular complexity index is 508. The molecule has 1 aromatic carbocycles. The third-order valence-corrected chi connectivity index (χ3v) is 3.92. The van der Waals surface area contributed by atoms with E-state index in [1.807, 2.05) is 25.1 Å². The van der Waals surface area contributed by atoms with Crippen LogP contribution in [0.5, 0.6) is 0 Å². The van der Waals surface area contributed by atoms with E-state index in [0.29, 0.717) is 12.5 Å². The first-order valence-electron chi connectivity index (χ1n) is 7.26. The Morgan fingerprint density at radius 2 is 2.20 bits per heavy atom. The molecule has 0 bridgehead atoms. The van der Waals surface area contributed by atoms with Gasteiger partial charge in [0.1, 0.15) is 0 Å². The average molecular weight is 273 g/mol. The van der Waals surface area contributed by atoms with Crippen LogP contribution in [0, 0.1) is 19.8 Å². The Balaban J connectivity index is 1.83. The molecule has 2 atom stereocenters. The minimum Gasteiger partial charge on any atom is -0.393 e. The summed E-state index contributed by atoms with van der Waals surface area (Å²) in [5, 5.41) is 12.4. The number of aliphatic hydroxyl groups is 1. The average Bonchev–Trinajstić information content (AvgIpc) is 2.81. The zero-order chi connectivity index (χ0) is 14.5. The van der Waals surface area contributed by atoms with Crippen molar-refractivity contribution >= 4 is 12.0 Å². The first-order valence-corrected chi connectivity index (χ1v) is 7.26. The van der Waals surface area contributed by atoms with E-state index in [2.05, 4.69) is 18.3 Å². The highest BCUT2D eigenvalue weighted by Gasteiger charge is 2.22. The van der Waals surface area contributed by atoms with Gasteiger partial charge >= 0.3 is 0 Å². The van der Waals surface area contributed by atoms with Crippen LogP contribution in [0.15, 0.2) is 24.3 Å². The lowest BCUT2D eigenvalue weighted by atomic mass is 10.1. The second-order valence-corrected chi connectivity index (χ2v) is 5.77. The van der Waals surface area contributed by atoms with Crippen molar-refractivity contribution in [3.63, 3.8) is 0 Å². The zero-order valence-electron chi connectivity index (χ0n) is 12.2. The molecule has 0 aromatic heterocycles. The van der Waals surface area contributed by atoms with Crippen LogP contribution in [0.25, 0.3) is 6.08 Å². The van der Waals surface area contributed by atoms with Gasteiger partial charge in [0.2, 0.25) is 5.91 Å². The van der Waals surface area contributed by atoms with E-state index in [4.69, 9.17) is 0 Å². The van der Waals surface area contributed by atoms with Crippen LogP contribution in [0.2, 0.25) is 0 Å². The van der Waals surface area contributed by atoms with Gasteiger partial charge < -0.3 is 10.4 Å². The molecule has 1 aromatic rings.